The van der Waals surface area contributed by atoms with Crippen LogP contribution in [0, 0.1) is 6.92 Å². The minimum atomic E-state index is -2.33. The number of carbonyl (C=O) groups excluding carboxylic acids is 3. The number of carbonyl (C=O) groups is 3. The van der Waals surface area contributed by atoms with Crippen LogP contribution in [0.1, 0.15) is 11.1 Å². The second-order valence-corrected chi connectivity index (χ2v) is 3.88. The number of halogens is 1. The molecule has 7 heteroatoms. The van der Waals surface area contributed by atoms with Crippen molar-refractivity contribution < 1.29 is 18.8 Å². The zero-order valence-electron chi connectivity index (χ0n) is 9.51. The normalized spacial score (nSPS) is 20.0. The standard InChI is InChI=1S/C11H10FN3O3/c1-6-2-3-13-4-7(6)5-15-10(17)8(12)9(16)14-11(15)18/h2-4,8H,5H2,1H3,(H,14,16,18). The van der Waals surface area contributed by atoms with Gasteiger partial charge in [-0.1, -0.05) is 0 Å². The molecule has 1 aliphatic heterocycles. The molecule has 2 rings (SSSR count). The minimum Gasteiger partial charge on any atom is -0.275 e. The Morgan fingerprint density at radius 3 is 2.83 bits per heavy atom. The number of barbiturate groups is 1. The van der Waals surface area contributed by atoms with Crippen molar-refractivity contribution in [3.05, 3.63) is 29.6 Å². The number of hydrogen-bond acceptors (Lipinski definition) is 4. The van der Waals surface area contributed by atoms with E-state index in [2.05, 4.69) is 4.98 Å². The molecule has 0 radical (unpaired) electrons. The van der Waals surface area contributed by atoms with Crippen molar-refractivity contribution >= 4 is 17.8 Å². The molecule has 2 heterocycles. The summed E-state index contributed by atoms with van der Waals surface area (Å²) >= 11 is 0. The fourth-order valence-corrected chi connectivity index (χ4v) is 1.57. The zero-order valence-corrected chi connectivity index (χ0v) is 9.51. The predicted octanol–water partition coefficient (Wildman–Crippen LogP) is 0.307. The minimum absolute atomic E-state index is 0.113. The Labute approximate surface area is 102 Å². The SMILES string of the molecule is Cc1ccncc1CN1C(=O)NC(=O)C(F)C1=O. The number of nitrogens with zero attached hydrogens (tertiary/aromatic N) is 2. The number of nitrogens with one attached hydrogen (secondary N) is 1. The molecule has 1 atom stereocenters. The quantitative estimate of drug-likeness (QED) is 0.767. The van der Waals surface area contributed by atoms with Gasteiger partial charge in [0.25, 0.3) is 18.0 Å². The van der Waals surface area contributed by atoms with Gasteiger partial charge in [0.2, 0.25) is 0 Å². The summed E-state index contributed by atoms with van der Waals surface area (Å²) in [5.74, 6) is -2.36. The van der Waals surface area contributed by atoms with Crippen LogP contribution in [0.15, 0.2) is 18.5 Å². The first-order chi connectivity index (χ1) is 8.50. The van der Waals surface area contributed by atoms with Crippen LogP contribution in [0.25, 0.3) is 0 Å². The van der Waals surface area contributed by atoms with Gasteiger partial charge in [0, 0.05) is 12.4 Å². The molecule has 4 amide bonds. The smallest absolute Gasteiger partial charge is 0.275 e. The summed E-state index contributed by atoms with van der Waals surface area (Å²) in [7, 11) is 0. The van der Waals surface area contributed by atoms with Gasteiger partial charge in [-0.15, -0.1) is 0 Å². The molecule has 1 saturated heterocycles. The third-order valence-corrected chi connectivity index (χ3v) is 2.66. The lowest BCUT2D eigenvalue weighted by Crippen LogP contribution is -2.58. The Hall–Kier alpha value is -2.31. The molecule has 0 bridgehead atoms. The number of urea groups is 1. The van der Waals surface area contributed by atoms with Crippen molar-refractivity contribution in [3.63, 3.8) is 0 Å². The summed E-state index contributed by atoms with van der Waals surface area (Å²) in [5.41, 5.74) is 1.43. The molecule has 94 valence electrons. The first-order valence-corrected chi connectivity index (χ1v) is 5.20. The molecule has 0 spiro atoms. The van der Waals surface area contributed by atoms with Gasteiger partial charge in [-0.05, 0) is 24.1 Å². The molecule has 1 aromatic rings. The second kappa shape index (κ2) is 4.52. The van der Waals surface area contributed by atoms with Crippen molar-refractivity contribution in [3.8, 4) is 0 Å². The van der Waals surface area contributed by atoms with Gasteiger partial charge in [0.1, 0.15) is 0 Å². The highest BCUT2D eigenvalue weighted by Gasteiger charge is 2.40. The van der Waals surface area contributed by atoms with Crippen LogP contribution in [0.4, 0.5) is 9.18 Å². The van der Waals surface area contributed by atoms with Crippen LogP contribution in [-0.4, -0.2) is 33.9 Å². The maximum atomic E-state index is 13.2. The van der Waals surface area contributed by atoms with Crippen molar-refractivity contribution in [2.75, 3.05) is 0 Å². The summed E-state index contributed by atoms with van der Waals surface area (Å²) in [6.45, 7) is 1.67. The average molecular weight is 251 g/mol. The fraction of sp³-hybridized carbons (Fsp3) is 0.273. The number of hydrogen-bond donors (Lipinski definition) is 1. The Bertz CT molecular complexity index is 532. The van der Waals surface area contributed by atoms with Gasteiger partial charge in [-0.25, -0.2) is 9.18 Å². The van der Waals surface area contributed by atoms with Crippen LogP contribution < -0.4 is 5.32 Å². The van der Waals surface area contributed by atoms with Gasteiger partial charge < -0.3 is 0 Å². The summed E-state index contributed by atoms with van der Waals surface area (Å²) in [5, 5.41) is 1.78. The summed E-state index contributed by atoms with van der Waals surface area (Å²) in [4.78, 5) is 38.4. The Balaban J connectivity index is 2.23. The highest BCUT2D eigenvalue weighted by atomic mass is 19.1. The molecule has 0 aromatic carbocycles. The summed E-state index contributed by atoms with van der Waals surface area (Å²) in [6.07, 6.45) is 0.720. The van der Waals surface area contributed by atoms with Gasteiger partial charge in [-0.3, -0.25) is 24.8 Å². The Morgan fingerprint density at radius 2 is 2.17 bits per heavy atom. The zero-order chi connectivity index (χ0) is 13.3. The monoisotopic (exact) mass is 251 g/mol. The summed E-state index contributed by atoms with van der Waals surface area (Å²) < 4.78 is 13.2. The van der Waals surface area contributed by atoms with E-state index in [9.17, 15) is 18.8 Å². The van der Waals surface area contributed by atoms with E-state index < -0.39 is 24.0 Å². The van der Waals surface area contributed by atoms with Gasteiger partial charge >= 0.3 is 6.03 Å². The highest BCUT2D eigenvalue weighted by molar-refractivity contribution is 6.17. The van der Waals surface area contributed by atoms with Crippen LogP contribution in [0.2, 0.25) is 0 Å². The lowest BCUT2D eigenvalue weighted by Gasteiger charge is -2.26. The van der Waals surface area contributed by atoms with Gasteiger partial charge in [0.15, 0.2) is 0 Å². The maximum Gasteiger partial charge on any atom is 0.331 e. The number of rotatable bonds is 2. The lowest BCUT2D eigenvalue weighted by atomic mass is 10.1. The molecule has 0 saturated carbocycles. The number of imide groups is 2. The van der Waals surface area contributed by atoms with E-state index in [0.29, 0.717) is 10.5 Å². The molecule has 1 fully saturated rings. The van der Waals surface area contributed by atoms with Crippen LogP contribution in [-0.2, 0) is 16.1 Å². The first kappa shape index (κ1) is 12.2. The molecule has 1 aromatic heterocycles. The van der Waals surface area contributed by atoms with E-state index in [4.69, 9.17) is 0 Å². The second-order valence-electron chi connectivity index (χ2n) is 3.88. The van der Waals surface area contributed by atoms with Crippen molar-refractivity contribution in [1.82, 2.24) is 15.2 Å². The van der Waals surface area contributed by atoms with Crippen molar-refractivity contribution in [2.45, 2.75) is 19.6 Å². The van der Waals surface area contributed by atoms with E-state index in [0.717, 1.165) is 5.56 Å². The molecule has 0 aliphatic carbocycles. The number of aryl methyl sites for hydroxylation is 1. The van der Waals surface area contributed by atoms with Crippen LogP contribution in [0.5, 0.6) is 0 Å². The fourth-order valence-electron chi connectivity index (χ4n) is 1.57. The molecule has 1 aliphatic rings. The van der Waals surface area contributed by atoms with Crippen molar-refractivity contribution in [1.29, 1.82) is 0 Å². The maximum absolute atomic E-state index is 13.2. The van der Waals surface area contributed by atoms with E-state index in [1.807, 2.05) is 0 Å². The van der Waals surface area contributed by atoms with Gasteiger partial charge in [0.05, 0.1) is 6.54 Å². The predicted molar refractivity (Wildman–Crippen MR) is 58.0 cm³/mol. The first-order valence-electron chi connectivity index (χ1n) is 5.20. The van der Waals surface area contributed by atoms with Gasteiger partial charge in [-0.2, -0.15) is 0 Å². The largest absolute Gasteiger partial charge is 0.331 e. The number of amides is 4. The molecule has 18 heavy (non-hydrogen) atoms. The van der Waals surface area contributed by atoms with Crippen LogP contribution in [0.3, 0.4) is 0 Å². The van der Waals surface area contributed by atoms with Crippen LogP contribution >= 0.6 is 0 Å². The molecule has 6 nitrogen and oxygen atoms in total. The number of alkyl halides is 1. The van der Waals surface area contributed by atoms with E-state index in [-0.39, 0.29) is 6.54 Å². The molecular formula is C11H10FN3O3. The topological polar surface area (TPSA) is 79.4 Å². The van der Waals surface area contributed by atoms with E-state index >= 15 is 0 Å². The molecular weight excluding hydrogens is 241 g/mol. The highest BCUT2D eigenvalue weighted by Crippen LogP contribution is 2.14. The summed E-state index contributed by atoms with van der Waals surface area (Å²) in [6, 6.07) is 0.793. The third-order valence-electron chi connectivity index (χ3n) is 2.66. The van der Waals surface area contributed by atoms with E-state index in [1.54, 1.807) is 24.5 Å². The average Bonchev–Trinajstić information content (AvgIpc) is 2.34. The van der Waals surface area contributed by atoms with E-state index in [1.165, 1.54) is 6.20 Å². The number of pyridine rings is 1. The lowest BCUT2D eigenvalue weighted by molar-refractivity contribution is -0.144. The molecule has 1 N–H and O–H groups in total. The number of aromatic nitrogens is 1. The third kappa shape index (κ3) is 2.06. The van der Waals surface area contributed by atoms with Crippen molar-refractivity contribution in [2.24, 2.45) is 0 Å². The Kier molecular flexibility index (Phi) is 3.05. The Morgan fingerprint density at radius 1 is 1.44 bits per heavy atom. The molecule has 1 unspecified atom stereocenters.